The van der Waals surface area contributed by atoms with E-state index in [0.29, 0.717) is 6.54 Å². The minimum atomic E-state index is 0.674. The lowest BCUT2D eigenvalue weighted by Crippen LogP contribution is -2.16. The summed E-state index contributed by atoms with van der Waals surface area (Å²) in [5, 5.41) is 0. The number of carbonyl (C=O) groups is 1. The molecule has 0 radical (unpaired) electrons. The van der Waals surface area contributed by atoms with Crippen molar-refractivity contribution in [1.29, 1.82) is 0 Å². The highest BCUT2D eigenvalue weighted by Gasteiger charge is 1.98. The highest BCUT2D eigenvalue weighted by Crippen LogP contribution is 2.01. The summed E-state index contributed by atoms with van der Waals surface area (Å²) in [4.78, 5) is 11.9. The lowest BCUT2D eigenvalue weighted by molar-refractivity contribution is -0.117. The van der Waals surface area contributed by atoms with Gasteiger partial charge in [0.05, 0.1) is 6.54 Å². The predicted molar refractivity (Wildman–Crippen MR) is 42.9 cm³/mol. The number of hydrogen-bond donors (Lipinski definition) is 0. The van der Waals surface area contributed by atoms with E-state index in [4.69, 9.17) is 0 Å². The standard InChI is InChI=1S/C8H12N2O/c1-9(7-11)6-8-4-3-5-10(8)2/h3-5,7H,6H2,1-2H3. The van der Waals surface area contributed by atoms with Gasteiger partial charge in [0.15, 0.2) is 0 Å². The van der Waals surface area contributed by atoms with Gasteiger partial charge in [0, 0.05) is 26.0 Å². The minimum Gasteiger partial charge on any atom is -0.353 e. The zero-order chi connectivity index (χ0) is 8.27. The Kier molecular flexibility index (Phi) is 2.31. The monoisotopic (exact) mass is 152 g/mol. The van der Waals surface area contributed by atoms with Crippen LogP contribution >= 0.6 is 0 Å². The Balaban J connectivity index is 2.63. The molecule has 1 amide bonds. The van der Waals surface area contributed by atoms with Crippen LogP contribution in [0.3, 0.4) is 0 Å². The number of hydrogen-bond acceptors (Lipinski definition) is 1. The van der Waals surface area contributed by atoms with Crippen molar-refractivity contribution < 1.29 is 4.79 Å². The van der Waals surface area contributed by atoms with E-state index in [1.54, 1.807) is 11.9 Å². The summed E-state index contributed by atoms with van der Waals surface area (Å²) in [6.45, 7) is 0.674. The van der Waals surface area contributed by atoms with E-state index in [1.165, 1.54) is 0 Å². The maximum atomic E-state index is 10.3. The van der Waals surface area contributed by atoms with Crippen LogP contribution in [0.1, 0.15) is 5.69 Å². The zero-order valence-corrected chi connectivity index (χ0v) is 6.82. The van der Waals surface area contributed by atoms with Crippen LogP contribution in [0, 0.1) is 0 Å². The first-order chi connectivity index (χ1) is 5.24. The summed E-state index contributed by atoms with van der Waals surface area (Å²) in [5.41, 5.74) is 1.14. The molecule has 0 spiro atoms. The van der Waals surface area contributed by atoms with Crippen LogP contribution in [0.15, 0.2) is 18.3 Å². The third kappa shape index (κ3) is 1.83. The molecule has 0 aliphatic carbocycles. The highest BCUT2D eigenvalue weighted by atomic mass is 16.1. The first-order valence-electron chi connectivity index (χ1n) is 3.50. The van der Waals surface area contributed by atoms with Crippen LogP contribution in [0.2, 0.25) is 0 Å². The van der Waals surface area contributed by atoms with Crippen LogP contribution in [0.5, 0.6) is 0 Å². The van der Waals surface area contributed by atoms with Crippen LogP contribution in [0.25, 0.3) is 0 Å². The number of aromatic nitrogens is 1. The van der Waals surface area contributed by atoms with E-state index in [2.05, 4.69) is 0 Å². The van der Waals surface area contributed by atoms with E-state index < -0.39 is 0 Å². The normalized spacial score (nSPS) is 9.64. The molecule has 0 unspecified atom stereocenters. The van der Waals surface area contributed by atoms with Crippen molar-refractivity contribution in [3.05, 3.63) is 24.0 Å². The molecule has 1 heterocycles. The fraction of sp³-hybridized carbons (Fsp3) is 0.375. The average molecular weight is 152 g/mol. The van der Waals surface area contributed by atoms with E-state index in [-0.39, 0.29) is 0 Å². The van der Waals surface area contributed by atoms with Crippen molar-refractivity contribution in [3.8, 4) is 0 Å². The molecule has 0 bridgehead atoms. The van der Waals surface area contributed by atoms with Gasteiger partial charge in [-0.3, -0.25) is 4.79 Å². The molecular weight excluding hydrogens is 140 g/mol. The second-order valence-corrected chi connectivity index (χ2v) is 2.63. The van der Waals surface area contributed by atoms with Crippen molar-refractivity contribution in [2.24, 2.45) is 7.05 Å². The molecule has 0 aromatic carbocycles. The third-order valence-electron chi connectivity index (χ3n) is 1.64. The molecule has 0 aliphatic heterocycles. The van der Waals surface area contributed by atoms with Crippen LogP contribution < -0.4 is 0 Å². The molecule has 3 heteroatoms. The zero-order valence-electron chi connectivity index (χ0n) is 6.82. The van der Waals surface area contributed by atoms with E-state index >= 15 is 0 Å². The number of carbonyl (C=O) groups excluding carboxylic acids is 1. The second-order valence-electron chi connectivity index (χ2n) is 2.63. The van der Waals surface area contributed by atoms with Gasteiger partial charge >= 0.3 is 0 Å². The Morgan fingerprint density at radius 3 is 2.91 bits per heavy atom. The molecular formula is C8H12N2O. The highest BCUT2D eigenvalue weighted by molar-refractivity contribution is 5.46. The van der Waals surface area contributed by atoms with Gasteiger partial charge in [0.25, 0.3) is 0 Å². The molecule has 0 fully saturated rings. The lowest BCUT2D eigenvalue weighted by Gasteiger charge is -2.10. The maximum absolute atomic E-state index is 10.3. The predicted octanol–water partition coefficient (Wildman–Crippen LogP) is 0.613. The van der Waals surface area contributed by atoms with Gasteiger partial charge in [-0.15, -0.1) is 0 Å². The molecule has 0 saturated heterocycles. The van der Waals surface area contributed by atoms with Crippen molar-refractivity contribution in [2.75, 3.05) is 7.05 Å². The van der Waals surface area contributed by atoms with E-state index in [0.717, 1.165) is 12.1 Å². The van der Waals surface area contributed by atoms with Gasteiger partial charge in [0.2, 0.25) is 6.41 Å². The SMILES string of the molecule is CN(C=O)Cc1cccn1C. The van der Waals surface area contributed by atoms with Crippen LogP contribution in [-0.2, 0) is 18.4 Å². The molecule has 1 rings (SSSR count). The molecule has 60 valence electrons. The van der Waals surface area contributed by atoms with Crippen molar-refractivity contribution in [3.63, 3.8) is 0 Å². The average Bonchev–Trinajstić information content (AvgIpc) is 2.37. The van der Waals surface area contributed by atoms with Crippen LogP contribution in [0.4, 0.5) is 0 Å². The third-order valence-corrected chi connectivity index (χ3v) is 1.64. The summed E-state index contributed by atoms with van der Waals surface area (Å²) in [7, 11) is 3.73. The van der Waals surface area contributed by atoms with Gasteiger partial charge in [-0.05, 0) is 12.1 Å². The van der Waals surface area contributed by atoms with Gasteiger partial charge in [-0.25, -0.2) is 0 Å². The van der Waals surface area contributed by atoms with E-state index in [9.17, 15) is 4.79 Å². The molecule has 1 aromatic heterocycles. The molecule has 3 nitrogen and oxygen atoms in total. The Hall–Kier alpha value is -1.25. The summed E-state index contributed by atoms with van der Waals surface area (Å²) in [6, 6.07) is 3.97. The molecule has 11 heavy (non-hydrogen) atoms. The fourth-order valence-electron chi connectivity index (χ4n) is 0.954. The second kappa shape index (κ2) is 3.23. The summed E-state index contributed by atoms with van der Waals surface area (Å²) in [5.74, 6) is 0. The minimum absolute atomic E-state index is 0.674. The number of rotatable bonds is 3. The maximum Gasteiger partial charge on any atom is 0.209 e. The summed E-state index contributed by atoms with van der Waals surface area (Å²) in [6.07, 6.45) is 2.79. The number of nitrogens with zero attached hydrogens (tertiary/aromatic N) is 2. The first-order valence-corrected chi connectivity index (χ1v) is 3.50. The Bertz CT molecular complexity index is 242. The Labute approximate surface area is 66.2 Å². The topological polar surface area (TPSA) is 25.2 Å². The number of aryl methyl sites for hydroxylation is 1. The fourth-order valence-corrected chi connectivity index (χ4v) is 0.954. The van der Waals surface area contributed by atoms with Gasteiger partial charge in [0.1, 0.15) is 0 Å². The lowest BCUT2D eigenvalue weighted by atomic mass is 10.4. The smallest absolute Gasteiger partial charge is 0.209 e. The molecule has 0 N–H and O–H groups in total. The van der Waals surface area contributed by atoms with Crippen molar-refractivity contribution >= 4 is 6.41 Å². The van der Waals surface area contributed by atoms with Gasteiger partial charge in [-0.2, -0.15) is 0 Å². The molecule has 0 atom stereocenters. The van der Waals surface area contributed by atoms with Gasteiger partial charge < -0.3 is 9.47 Å². The largest absolute Gasteiger partial charge is 0.353 e. The number of amides is 1. The van der Waals surface area contributed by atoms with E-state index in [1.807, 2.05) is 29.9 Å². The van der Waals surface area contributed by atoms with Gasteiger partial charge in [-0.1, -0.05) is 0 Å². The first kappa shape index (κ1) is 7.85. The molecule has 0 aliphatic rings. The Morgan fingerprint density at radius 2 is 2.45 bits per heavy atom. The quantitative estimate of drug-likeness (QED) is 0.583. The summed E-state index contributed by atoms with van der Waals surface area (Å²) < 4.78 is 2.00. The summed E-state index contributed by atoms with van der Waals surface area (Å²) >= 11 is 0. The molecule has 0 saturated carbocycles. The van der Waals surface area contributed by atoms with Crippen molar-refractivity contribution in [1.82, 2.24) is 9.47 Å². The Morgan fingerprint density at radius 1 is 1.73 bits per heavy atom. The van der Waals surface area contributed by atoms with Crippen molar-refractivity contribution in [2.45, 2.75) is 6.54 Å². The van der Waals surface area contributed by atoms with Crippen LogP contribution in [-0.4, -0.2) is 22.9 Å². The molecule has 1 aromatic rings.